The van der Waals surface area contributed by atoms with Gasteiger partial charge in [-0.3, -0.25) is 4.90 Å². The molecule has 8 heteroatoms. The van der Waals surface area contributed by atoms with Gasteiger partial charge in [0.2, 0.25) is 0 Å². The second-order valence-electron chi connectivity index (χ2n) is 6.04. The Morgan fingerprint density at radius 1 is 1.04 bits per heavy atom. The van der Waals surface area contributed by atoms with Gasteiger partial charge in [0, 0.05) is 32.2 Å². The van der Waals surface area contributed by atoms with E-state index in [1.165, 1.54) is 31.4 Å². The van der Waals surface area contributed by atoms with Crippen LogP contribution in [0.2, 0.25) is 0 Å². The Hall–Kier alpha value is -0.690. The van der Waals surface area contributed by atoms with Crippen molar-refractivity contribution in [3.63, 3.8) is 0 Å². The summed E-state index contributed by atoms with van der Waals surface area (Å²) in [4.78, 5) is 2.46. The van der Waals surface area contributed by atoms with Crippen LogP contribution in [-0.4, -0.2) is 37.4 Å². The number of halogens is 5. The van der Waals surface area contributed by atoms with E-state index >= 15 is 0 Å². The van der Waals surface area contributed by atoms with Gasteiger partial charge < -0.3 is 10.1 Å². The largest absolute Gasteiger partial charge is 0.573 e. The molecule has 1 saturated heterocycles. The molecule has 0 bridgehead atoms. The molecule has 0 unspecified atom stereocenters. The normalized spacial score (nSPS) is 20.3. The predicted octanol–water partition coefficient (Wildman–Crippen LogP) is 4.18. The Bertz CT molecular complexity index is 489. The minimum absolute atomic E-state index is 0. The smallest absolute Gasteiger partial charge is 0.406 e. The molecule has 1 aliphatic heterocycles. The van der Waals surface area contributed by atoms with Crippen LogP contribution in [-0.2, 0) is 0 Å². The third kappa shape index (κ3) is 5.41. The third-order valence-corrected chi connectivity index (χ3v) is 4.60. The van der Waals surface area contributed by atoms with Crippen LogP contribution in [0.25, 0.3) is 0 Å². The van der Waals surface area contributed by atoms with Crippen molar-refractivity contribution in [3.8, 4) is 5.75 Å². The number of nitrogens with zero attached hydrogens (tertiary/aromatic N) is 1. The number of alkyl halides is 3. The molecule has 1 aliphatic carbocycles. The summed E-state index contributed by atoms with van der Waals surface area (Å²) in [6.45, 7) is 3.92. The fraction of sp³-hybridized carbons (Fsp3) is 0.625. The van der Waals surface area contributed by atoms with Crippen LogP contribution in [0.1, 0.15) is 30.9 Å². The summed E-state index contributed by atoms with van der Waals surface area (Å²) < 4.78 is 40.7. The molecule has 3 nitrogen and oxygen atoms in total. The fourth-order valence-corrected chi connectivity index (χ4v) is 3.36. The highest BCUT2D eigenvalue weighted by molar-refractivity contribution is 5.85. The van der Waals surface area contributed by atoms with Gasteiger partial charge in [0.1, 0.15) is 5.75 Å². The third-order valence-electron chi connectivity index (χ3n) is 4.60. The zero-order chi connectivity index (χ0) is 15.6. The highest BCUT2D eigenvalue weighted by Crippen LogP contribution is 2.42. The van der Waals surface area contributed by atoms with Crippen LogP contribution in [0.15, 0.2) is 24.3 Å². The number of ether oxygens (including phenoxy) is 1. The fourth-order valence-electron chi connectivity index (χ4n) is 3.36. The van der Waals surface area contributed by atoms with Gasteiger partial charge >= 0.3 is 6.36 Å². The molecule has 1 N–H and O–H groups in total. The summed E-state index contributed by atoms with van der Waals surface area (Å²) in [5, 5.41) is 3.34. The van der Waals surface area contributed by atoms with Gasteiger partial charge in [-0.25, -0.2) is 0 Å². The van der Waals surface area contributed by atoms with E-state index in [9.17, 15) is 13.2 Å². The molecule has 0 radical (unpaired) electrons. The van der Waals surface area contributed by atoms with Crippen molar-refractivity contribution in [1.29, 1.82) is 0 Å². The molecule has 3 rings (SSSR count). The number of rotatable bonds is 4. The summed E-state index contributed by atoms with van der Waals surface area (Å²) in [5.41, 5.74) is 1.10. The van der Waals surface area contributed by atoms with Crippen LogP contribution in [0.4, 0.5) is 13.2 Å². The molecular formula is C16H23Cl2F3N2O. The van der Waals surface area contributed by atoms with E-state index in [0.717, 1.165) is 31.7 Å². The lowest BCUT2D eigenvalue weighted by molar-refractivity contribution is -0.274. The van der Waals surface area contributed by atoms with Gasteiger partial charge in [-0.2, -0.15) is 0 Å². The Balaban J connectivity index is 0.00000144. The van der Waals surface area contributed by atoms with Crippen molar-refractivity contribution in [3.05, 3.63) is 29.8 Å². The lowest BCUT2D eigenvalue weighted by atomic mass is 9.76. The first-order valence-corrected chi connectivity index (χ1v) is 7.83. The highest BCUT2D eigenvalue weighted by Gasteiger charge is 2.34. The first-order chi connectivity index (χ1) is 10.5. The van der Waals surface area contributed by atoms with Gasteiger partial charge in [-0.1, -0.05) is 18.6 Å². The first-order valence-electron chi connectivity index (χ1n) is 7.83. The molecule has 1 atom stereocenters. The van der Waals surface area contributed by atoms with E-state index in [0.29, 0.717) is 12.0 Å². The lowest BCUT2D eigenvalue weighted by Crippen LogP contribution is -2.47. The minimum atomic E-state index is -4.63. The van der Waals surface area contributed by atoms with Gasteiger partial charge in [0.05, 0.1) is 0 Å². The maximum atomic E-state index is 12.2. The predicted molar refractivity (Wildman–Crippen MR) is 92.1 cm³/mol. The monoisotopic (exact) mass is 386 g/mol. The van der Waals surface area contributed by atoms with Crippen LogP contribution in [0.3, 0.4) is 0 Å². The molecule has 24 heavy (non-hydrogen) atoms. The molecule has 0 spiro atoms. The maximum absolute atomic E-state index is 12.2. The number of piperazine rings is 1. The average Bonchev–Trinajstić information content (AvgIpc) is 2.43. The van der Waals surface area contributed by atoms with E-state index < -0.39 is 6.36 Å². The standard InChI is InChI=1S/C16H21F3N2O.2ClH/c17-16(18,19)22-14-6-4-13(5-7-14)15(12-2-1-3-12)21-10-8-20-9-11-21;;/h4-7,12,15,20H,1-3,8-11H2;2*1H/t15-;;/m1../s1. The Morgan fingerprint density at radius 2 is 1.62 bits per heavy atom. The molecule has 2 fully saturated rings. The van der Waals surface area contributed by atoms with Crippen LogP contribution in [0, 0.1) is 5.92 Å². The number of nitrogens with one attached hydrogen (secondary N) is 1. The molecular weight excluding hydrogens is 364 g/mol. The van der Waals surface area contributed by atoms with Crippen molar-refractivity contribution < 1.29 is 17.9 Å². The summed E-state index contributed by atoms with van der Waals surface area (Å²) in [6.07, 6.45) is -0.971. The number of benzene rings is 1. The van der Waals surface area contributed by atoms with Gasteiger partial charge in [-0.05, 0) is 36.5 Å². The van der Waals surface area contributed by atoms with Crippen LogP contribution >= 0.6 is 24.8 Å². The molecule has 1 heterocycles. The highest BCUT2D eigenvalue weighted by atomic mass is 35.5. The van der Waals surface area contributed by atoms with Crippen molar-refractivity contribution in [2.45, 2.75) is 31.7 Å². The van der Waals surface area contributed by atoms with E-state index in [1.54, 1.807) is 12.1 Å². The second kappa shape index (κ2) is 9.13. The summed E-state index contributed by atoms with van der Waals surface area (Å²) in [5.74, 6) is 0.469. The van der Waals surface area contributed by atoms with Crippen molar-refractivity contribution in [1.82, 2.24) is 10.2 Å². The molecule has 2 aliphatic rings. The van der Waals surface area contributed by atoms with Crippen molar-refractivity contribution in [2.75, 3.05) is 26.2 Å². The molecule has 1 saturated carbocycles. The quantitative estimate of drug-likeness (QED) is 0.839. The molecule has 1 aromatic rings. The SMILES string of the molecule is Cl.Cl.FC(F)(F)Oc1ccc([C@@H](C2CCC2)N2CCNCC2)cc1. The zero-order valence-corrected chi connectivity index (χ0v) is 14.9. The summed E-state index contributed by atoms with van der Waals surface area (Å²) >= 11 is 0. The first kappa shape index (κ1) is 21.4. The topological polar surface area (TPSA) is 24.5 Å². The van der Waals surface area contributed by atoms with Crippen LogP contribution in [0.5, 0.6) is 5.75 Å². The molecule has 1 aromatic carbocycles. The minimum Gasteiger partial charge on any atom is -0.406 e. The van der Waals surface area contributed by atoms with Crippen LogP contribution < -0.4 is 10.1 Å². The Kier molecular flexibility index (Phi) is 8.12. The van der Waals surface area contributed by atoms with Crippen molar-refractivity contribution in [2.24, 2.45) is 5.92 Å². The Labute approximate surface area is 152 Å². The average molecular weight is 387 g/mol. The van der Waals surface area contributed by atoms with Gasteiger partial charge in [0.25, 0.3) is 0 Å². The Morgan fingerprint density at radius 3 is 2.08 bits per heavy atom. The van der Waals surface area contributed by atoms with Gasteiger partial charge in [-0.15, -0.1) is 38.0 Å². The number of hydrogen-bond donors (Lipinski definition) is 1. The summed E-state index contributed by atoms with van der Waals surface area (Å²) in [6, 6.07) is 6.74. The van der Waals surface area contributed by atoms with E-state index in [1.807, 2.05) is 0 Å². The molecule has 138 valence electrons. The number of hydrogen-bond acceptors (Lipinski definition) is 3. The summed E-state index contributed by atoms with van der Waals surface area (Å²) in [7, 11) is 0. The lowest BCUT2D eigenvalue weighted by Gasteiger charge is -2.43. The zero-order valence-electron chi connectivity index (χ0n) is 13.2. The van der Waals surface area contributed by atoms with Crippen molar-refractivity contribution >= 4 is 24.8 Å². The van der Waals surface area contributed by atoms with E-state index in [4.69, 9.17) is 0 Å². The van der Waals surface area contributed by atoms with E-state index in [-0.39, 0.29) is 30.6 Å². The molecule has 0 amide bonds. The second-order valence-corrected chi connectivity index (χ2v) is 6.04. The molecule has 0 aromatic heterocycles. The van der Waals surface area contributed by atoms with Gasteiger partial charge in [0.15, 0.2) is 0 Å². The van der Waals surface area contributed by atoms with E-state index in [2.05, 4.69) is 15.0 Å². The maximum Gasteiger partial charge on any atom is 0.573 e.